The van der Waals surface area contributed by atoms with E-state index in [0.29, 0.717) is 5.92 Å². The highest BCUT2D eigenvalue weighted by atomic mass is 16.3. The van der Waals surface area contributed by atoms with Gasteiger partial charge < -0.3 is 10.4 Å². The van der Waals surface area contributed by atoms with Crippen molar-refractivity contribution in [2.45, 2.75) is 25.4 Å². The molecule has 2 rings (SSSR count). The molecule has 0 heterocycles. The second-order valence-corrected chi connectivity index (χ2v) is 4.73. The van der Waals surface area contributed by atoms with Gasteiger partial charge in [0.1, 0.15) is 0 Å². The molecule has 0 aromatic heterocycles. The zero-order chi connectivity index (χ0) is 11.9. The maximum absolute atomic E-state index is 9.67. The molecular formula is C15H21NO. The highest BCUT2D eigenvalue weighted by molar-refractivity contribution is 5.48. The van der Waals surface area contributed by atoms with E-state index in [1.165, 1.54) is 12.0 Å². The van der Waals surface area contributed by atoms with Crippen molar-refractivity contribution in [2.75, 3.05) is 13.1 Å². The first kappa shape index (κ1) is 12.3. The Labute approximate surface area is 103 Å². The molecule has 0 radical (unpaired) electrons. The topological polar surface area (TPSA) is 32.3 Å². The van der Waals surface area contributed by atoms with Crippen molar-refractivity contribution < 1.29 is 5.11 Å². The second kappa shape index (κ2) is 6.58. The van der Waals surface area contributed by atoms with E-state index in [9.17, 15) is 5.11 Å². The molecule has 1 saturated carbocycles. The molecule has 1 aliphatic rings. The van der Waals surface area contributed by atoms with Crippen LogP contribution in [0.2, 0.25) is 0 Å². The van der Waals surface area contributed by atoms with Crippen LogP contribution < -0.4 is 5.32 Å². The number of nitrogens with one attached hydrogen (secondary N) is 1. The molecule has 2 unspecified atom stereocenters. The molecule has 2 atom stereocenters. The van der Waals surface area contributed by atoms with E-state index in [1.807, 2.05) is 18.2 Å². The van der Waals surface area contributed by atoms with Gasteiger partial charge in [0.2, 0.25) is 0 Å². The van der Waals surface area contributed by atoms with Crippen LogP contribution in [-0.2, 0) is 0 Å². The molecule has 2 nitrogen and oxygen atoms in total. The largest absolute Gasteiger partial charge is 0.393 e. The summed E-state index contributed by atoms with van der Waals surface area (Å²) in [5, 5.41) is 13.0. The lowest BCUT2D eigenvalue weighted by molar-refractivity contribution is 0.132. The van der Waals surface area contributed by atoms with Crippen molar-refractivity contribution in [1.29, 1.82) is 0 Å². The minimum atomic E-state index is -0.0828. The van der Waals surface area contributed by atoms with Gasteiger partial charge in [-0.2, -0.15) is 0 Å². The van der Waals surface area contributed by atoms with E-state index in [4.69, 9.17) is 0 Å². The third-order valence-electron chi connectivity index (χ3n) is 3.40. The molecule has 2 heteroatoms. The number of hydrogen-bond donors (Lipinski definition) is 2. The van der Waals surface area contributed by atoms with Gasteiger partial charge in [-0.3, -0.25) is 0 Å². The summed E-state index contributed by atoms with van der Waals surface area (Å²) in [7, 11) is 0. The lowest BCUT2D eigenvalue weighted by atomic mass is 10.1. The Hall–Kier alpha value is -1.12. The Morgan fingerprint density at radius 3 is 2.76 bits per heavy atom. The Bertz CT molecular complexity index is 347. The van der Waals surface area contributed by atoms with Gasteiger partial charge in [-0.05, 0) is 24.3 Å². The van der Waals surface area contributed by atoms with Gasteiger partial charge in [-0.25, -0.2) is 0 Å². The van der Waals surface area contributed by atoms with E-state index >= 15 is 0 Å². The fourth-order valence-corrected chi connectivity index (χ4v) is 2.37. The predicted molar refractivity (Wildman–Crippen MR) is 71.7 cm³/mol. The quantitative estimate of drug-likeness (QED) is 0.763. The van der Waals surface area contributed by atoms with E-state index in [0.717, 1.165) is 25.9 Å². The third kappa shape index (κ3) is 3.99. The first-order valence-corrected chi connectivity index (χ1v) is 6.46. The number of rotatable bonds is 5. The molecule has 2 N–H and O–H groups in total. The van der Waals surface area contributed by atoms with Crippen LogP contribution in [0, 0.1) is 5.92 Å². The molecule has 1 aromatic rings. The van der Waals surface area contributed by atoms with Gasteiger partial charge in [0.25, 0.3) is 0 Å². The molecule has 0 spiro atoms. The van der Waals surface area contributed by atoms with Crippen LogP contribution in [-0.4, -0.2) is 24.3 Å². The van der Waals surface area contributed by atoms with Crippen molar-refractivity contribution in [3.8, 4) is 0 Å². The van der Waals surface area contributed by atoms with Crippen LogP contribution in [0.5, 0.6) is 0 Å². The summed E-state index contributed by atoms with van der Waals surface area (Å²) in [4.78, 5) is 0. The minimum absolute atomic E-state index is 0.0828. The molecule has 1 fully saturated rings. The summed E-state index contributed by atoms with van der Waals surface area (Å²) >= 11 is 0. The number of hydrogen-bond acceptors (Lipinski definition) is 2. The Morgan fingerprint density at radius 1 is 1.24 bits per heavy atom. The Kier molecular flexibility index (Phi) is 4.77. The normalized spacial score (nSPS) is 24.5. The lowest BCUT2D eigenvalue weighted by Crippen LogP contribution is -2.27. The summed E-state index contributed by atoms with van der Waals surface area (Å²) in [6.45, 7) is 1.80. The first-order chi connectivity index (χ1) is 8.36. The fraction of sp³-hybridized carbons (Fsp3) is 0.467. The fourth-order valence-electron chi connectivity index (χ4n) is 2.37. The average Bonchev–Trinajstić information content (AvgIpc) is 2.76. The summed E-state index contributed by atoms with van der Waals surface area (Å²) < 4.78 is 0. The van der Waals surface area contributed by atoms with E-state index < -0.39 is 0 Å². The number of aliphatic hydroxyl groups is 1. The van der Waals surface area contributed by atoms with Crippen molar-refractivity contribution in [1.82, 2.24) is 5.32 Å². The van der Waals surface area contributed by atoms with Gasteiger partial charge in [0.05, 0.1) is 6.10 Å². The van der Waals surface area contributed by atoms with E-state index in [-0.39, 0.29) is 6.10 Å². The number of aliphatic hydroxyl groups excluding tert-OH is 1. The Morgan fingerprint density at radius 2 is 2.06 bits per heavy atom. The predicted octanol–water partition coefficient (Wildman–Crippen LogP) is 2.45. The van der Waals surface area contributed by atoms with Crippen LogP contribution in [0.3, 0.4) is 0 Å². The molecule has 0 bridgehead atoms. The van der Waals surface area contributed by atoms with Gasteiger partial charge in [0.15, 0.2) is 0 Å². The highest BCUT2D eigenvalue weighted by Gasteiger charge is 2.24. The average molecular weight is 231 g/mol. The van der Waals surface area contributed by atoms with Crippen molar-refractivity contribution >= 4 is 6.08 Å². The molecular weight excluding hydrogens is 210 g/mol. The summed E-state index contributed by atoms with van der Waals surface area (Å²) in [6.07, 6.45) is 7.49. The lowest BCUT2D eigenvalue weighted by Gasteiger charge is -2.13. The molecule has 92 valence electrons. The number of benzene rings is 1. The van der Waals surface area contributed by atoms with E-state index in [1.54, 1.807) is 0 Å². The van der Waals surface area contributed by atoms with Crippen molar-refractivity contribution in [2.24, 2.45) is 5.92 Å². The molecule has 1 aromatic carbocycles. The monoisotopic (exact) mass is 231 g/mol. The van der Waals surface area contributed by atoms with Crippen LogP contribution in [0.1, 0.15) is 24.8 Å². The molecule has 0 saturated heterocycles. The van der Waals surface area contributed by atoms with Crippen LogP contribution in [0.4, 0.5) is 0 Å². The first-order valence-electron chi connectivity index (χ1n) is 6.46. The van der Waals surface area contributed by atoms with Gasteiger partial charge >= 0.3 is 0 Å². The molecule has 0 aliphatic heterocycles. The SMILES string of the molecule is OC1CCCC1CNCC=Cc1ccccc1. The summed E-state index contributed by atoms with van der Waals surface area (Å²) in [5.74, 6) is 0.458. The highest BCUT2D eigenvalue weighted by Crippen LogP contribution is 2.24. The van der Waals surface area contributed by atoms with Gasteiger partial charge in [0, 0.05) is 13.1 Å². The zero-order valence-electron chi connectivity index (χ0n) is 10.2. The van der Waals surface area contributed by atoms with Crippen molar-refractivity contribution in [3.05, 3.63) is 42.0 Å². The van der Waals surface area contributed by atoms with Gasteiger partial charge in [-0.1, -0.05) is 48.9 Å². The molecule has 0 amide bonds. The zero-order valence-corrected chi connectivity index (χ0v) is 10.2. The maximum Gasteiger partial charge on any atom is 0.0580 e. The van der Waals surface area contributed by atoms with Crippen LogP contribution >= 0.6 is 0 Å². The molecule has 1 aliphatic carbocycles. The third-order valence-corrected chi connectivity index (χ3v) is 3.40. The van der Waals surface area contributed by atoms with Gasteiger partial charge in [-0.15, -0.1) is 0 Å². The van der Waals surface area contributed by atoms with Crippen LogP contribution in [0.25, 0.3) is 6.08 Å². The second-order valence-electron chi connectivity index (χ2n) is 4.73. The smallest absolute Gasteiger partial charge is 0.0580 e. The maximum atomic E-state index is 9.67. The van der Waals surface area contributed by atoms with E-state index in [2.05, 4.69) is 29.6 Å². The Balaban J connectivity index is 1.65. The van der Waals surface area contributed by atoms with Crippen molar-refractivity contribution in [3.63, 3.8) is 0 Å². The summed E-state index contributed by atoms with van der Waals surface area (Å²) in [6, 6.07) is 10.3. The van der Waals surface area contributed by atoms with Crippen LogP contribution in [0.15, 0.2) is 36.4 Å². The minimum Gasteiger partial charge on any atom is -0.393 e. The standard InChI is InChI=1S/C15H21NO/c17-15-10-4-9-14(15)12-16-11-5-8-13-6-2-1-3-7-13/h1-3,5-8,14-17H,4,9-12H2. The summed E-state index contributed by atoms with van der Waals surface area (Å²) in [5.41, 5.74) is 1.23. The molecule has 17 heavy (non-hydrogen) atoms.